The molecular weight excluding hydrogens is 337 g/mol. The molecule has 0 saturated heterocycles. The molecule has 0 unspecified atom stereocenters. The molecule has 0 spiro atoms. The Morgan fingerprint density at radius 3 is 2.33 bits per heavy atom. The van der Waals surface area contributed by atoms with Crippen LogP contribution in [-0.4, -0.2) is 34.5 Å². The standard InChI is InChI=1S/C13H11Cl2NO4S/c1-4(17)6-9(13(19)20-3)16-8-7(10(18)12(14)15)5(2)21-11(6)8/h12,16H,1-3H3. The molecule has 2 aromatic rings. The monoisotopic (exact) mass is 347 g/mol. The van der Waals surface area contributed by atoms with Gasteiger partial charge in [-0.05, 0) is 13.8 Å². The van der Waals surface area contributed by atoms with E-state index in [1.807, 2.05) is 0 Å². The Morgan fingerprint density at radius 1 is 1.24 bits per heavy atom. The van der Waals surface area contributed by atoms with Crippen molar-refractivity contribution in [3.05, 3.63) is 21.7 Å². The fourth-order valence-corrected chi connectivity index (χ4v) is 3.57. The number of alkyl halides is 2. The van der Waals surface area contributed by atoms with E-state index in [9.17, 15) is 14.4 Å². The van der Waals surface area contributed by atoms with Crippen LogP contribution >= 0.6 is 34.5 Å². The zero-order valence-corrected chi connectivity index (χ0v) is 13.7. The van der Waals surface area contributed by atoms with E-state index in [4.69, 9.17) is 23.2 Å². The highest BCUT2D eigenvalue weighted by Crippen LogP contribution is 2.36. The highest BCUT2D eigenvalue weighted by atomic mass is 35.5. The first kappa shape index (κ1) is 16.0. The first-order valence-electron chi connectivity index (χ1n) is 5.86. The summed E-state index contributed by atoms with van der Waals surface area (Å²) in [5.41, 5.74) is 0.924. The molecule has 21 heavy (non-hydrogen) atoms. The summed E-state index contributed by atoms with van der Waals surface area (Å²) >= 11 is 12.5. The van der Waals surface area contributed by atoms with Crippen molar-refractivity contribution in [3.63, 3.8) is 0 Å². The predicted octanol–water partition coefficient (Wildman–Crippen LogP) is 3.51. The summed E-state index contributed by atoms with van der Waals surface area (Å²) in [5, 5.41) is 0. The van der Waals surface area contributed by atoms with Crippen LogP contribution in [0.2, 0.25) is 0 Å². The number of nitrogens with one attached hydrogen (secondary N) is 1. The second-order valence-electron chi connectivity index (χ2n) is 4.33. The van der Waals surface area contributed by atoms with Gasteiger partial charge in [0.1, 0.15) is 5.69 Å². The zero-order chi connectivity index (χ0) is 15.9. The number of Topliss-reactive ketones (excluding diaryl/α,β-unsaturated/α-hetero) is 2. The smallest absolute Gasteiger partial charge is 0.355 e. The van der Waals surface area contributed by atoms with Crippen molar-refractivity contribution in [2.24, 2.45) is 0 Å². The van der Waals surface area contributed by atoms with Gasteiger partial charge in [-0.2, -0.15) is 0 Å². The lowest BCUT2D eigenvalue weighted by Gasteiger charge is -2.01. The van der Waals surface area contributed by atoms with Crippen LogP contribution in [0.1, 0.15) is 43.0 Å². The van der Waals surface area contributed by atoms with E-state index in [1.54, 1.807) is 6.92 Å². The maximum Gasteiger partial charge on any atom is 0.355 e. The highest BCUT2D eigenvalue weighted by Gasteiger charge is 2.29. The molecule has 2 rings (SSSR count). The van der Waals surface area contributed by atoms with Crippen LogP contribution in [0, 0.1) is 6.92 Å². The number of halogens is 2. The molecule has 0 aliphatic carbocycles. The molecule has 0 aromatic carbocycles. The summed E-state index contributed by atoms with van der Waals surface area (Å²) in [6, 6.07) is 0. The summed E-state index contributed by atoms with van der Waals surface area (Å²) in [6.07, 6.45) is 0. The van der Waals surface area contributed by atoms with Crippen molar-refractivity contribution < 1.29 is 19.1 Å². The van der Waals surface area contributed by atoms with E-state index < -0.39 is 16.6 Å². The van der Waals surface area contributed by atoms with E-state index in [2.05, 4.69) is 9.72 Å². The second kappa shape index (κ2) is 5.79. The second-order valence-corrected chi connectivity index (χ2v) is 6.65. The summed E-state index contributed by atoms with van der Waals surface area (Å²) in [6.45, 7) is 3.07. The number of aromatic nitrogens is 1. The number of thiophene rings is 1. The van der Waals surface area contributed by atoms with E-state index in [0.29, 0.717) is 20.7 Å². The van der Waals surface area contributed by atoms with Crippen molar-refractivity contribution in [3.8, 4) is 0 Å². The van der Waals surface area contributed by atoms with Crippen molar-refractivity contribution in [2.75, 3.05) is 7.11 Å². The Kier molecular flexibility index (Phi) is 4.41. The Hall–Kier alpha value is -1.37. The number of methoxy groups -OCH3 is 1. The number of H-pyrrole nitrogens is 1. The molecule has 0 radical (unpaired) electrons. The number of hydrogen-bond acceptors (Lipinski definition) is 5. The zero-order valence-electron chi connectivity index (χ0n) is 11.4. The number of carbonyl (C=O) groups is 3. The van der Waals surface area contributed by atoms with Gasteiger partial charge in [0.15, 0.2) is 16.4 Å². The molecule has 0 aliphatic heterocycles. The maximum absolute atomic E-state index is 12.1. The van der Waals surface area contributed by atoms with Gasteiger partial charge in [0.2, 0.25) is 0 Å². The number of aryl methyl sites for hydroxylation is 1. The molecule has 0 saturated carbocycles. The average molecular weight is 348 g/mol. The number of ether oxygens (including phenoxy) is 1. The molecule has 0 bridgehead atoms. The quantitative estimate of drug-likeness (QED) is 0.521. The Labute approximate surface area is 134 Å². The molecule has 0 atom stereocenters. The largest absolute Gasteiger partial charge is 0.464 e. The van der Waals surface area contributed by atoms with Gasteiger partial charge in [0.25, 0.3) is 0 Å². The average Bonchev–Trinajstić information content (AvgIpc) is 2.90. The van der Waals surface area contributed by atoms with Crippen LogP contribution < -0.4 is 0 Å². The number of carbonyl (C=O) groups excluding carboxylic acids is 3. The summed E-state index contributed by atoms with van der Waals surface area (Å²) in [7, 11) is 1.21. The molecule has 112 valence electrons. The summed E-state index contributed by atoms with van der Waals surface area (Å²) in [4.78, 5) is 37.9. The number of fused-ring (bicyclic) bond motifs is 1. The van der Waals surface area contributed by atoms with E-state index in [1.165, 1.54) is 25.4 Å². The first-order chi connectivity index (χ1) is 9.79. The molecule has 5 nitrogen and oxygen atoms in total. The minimum atomic E-state index is -1.22. The van der Waals surface area contributed by atoms with E-state index in [-0.39, 0.29) is 17.0 Å². The van der Waals surface area contributed by atoms with Gasteiger partial charge in [-0.3, -0.25) is 9.59 Å². The fraction of sp³-hybridized carbons (Fsp3) is 0.308. The summed E-state index contributed by atoms with van der Waals surface area (Å²) < 4.78 is 5.17. The van der Waals surface area contributed by atoms with Gasteiger partial charge < -0.3 is 9.72 Å². The van der Waals surface area contributed by atoms with Crippen LogP contribution in [-0.2, 0) is 4.74 Å². The Bertz CT molecular complexity index is 760. The third-order valence-electron chi connectivity index (χ3n) is 3.00. The van der Waals surface area contributed by atoms with Crippen molar-refractivity contribution in [1.82, 2.24) is 4.98 Å². The van der Waals surface area contributed by atoms with Gasteiger partial charge in [-0.15, -0.1) is 11.3 Å². The minimum Gasteiger partial charge on any atom is -0.464 e. The molecule has 0 aliphatic rings. The number of rotatable bonds is 4. The highest BCUT2D eigenvalue weighted by molar-refractivity contribution is 7.20. The third kappa shape index (κ3) is 2.59. The fourth-order valence-electron chi connectivity index (χ4n) is 2.14. The third-order valence-corrected chi connectivity index (χ3v) is 4.52. The van der Waals surface area contributed by atoms with Crippen LogP contribution in [0.25, 0.3) is 10.2 Å². The van der Waals surface area contributed by atoms with Gasteiger partial charge >= 0.3 is 5.97 Å². The molecule has 0 amide bonds. The van der Waals surface area contributed by atoms with Crippen LogP contribution in [0.3, 0.4) is 0 Å². The van der Waals surface area contributed by atoms with Gasteiger partial charge in [0, 0.05) is 4.88 Å². The predicted molar refractivity (Wildman–Crippen MR) is 82.1 cm³/mol. The molecular formula is C13H11Cl2NO4S. The molecule has 1 N–H and O–H groups in total. The molecule has 8 heteroatoms. The SMILES string of the molecule is COC(=O)c1[nH]c2c(C(=O)C(Cl)Cl)c(C)sc2c1C(C)=O. The lowest BCUT2D eigenvalue weighted by Crippen LogP contribution is -2.09. The van der Waals surface area contributed by atoms with E-state index in [0.717, 1.165) is 0 Å². The molecule has 2 heterocycles. The minimum absolute atomic E-state index is 0.0287. The normalized spacial score (nSPS) is 11.1. The first-order valence-corrected chi connectivity index (χ1v) is 7.55. The number of esters is 1. The molecule has 0 fully saturated rings. The molecule has 2 aromatic heterocycles. The van der Waals surface area contributed by atoms with Crippen LogP contribution in [0.4, 0.5) is 0 Å². The van der Waals surface area contributed by atoms with Crippen LogP contribution in [0.15, 0.2) is 0 Å². The van der Waals surface area contributed by atoms with Gasteiger partial charge in [0.05, 0.1) is 28.5 Å². The lowest BCUT2D eigenvalue weighted by molar-refractivity contribution is 0.0591. The van der Waals surface area contributed by atoms with Crippen molar-refractivity contribution in [1.29, 1.82) is 0 Å². The lowest BCUT2D eigenvalue weighted by atomic mass is 10.1. The van der Waals surface area contributed by atoms with Gasteiger partial charge in [-0.1, -0.05) is 23.2 Å². The summed E-state index contributed by atoms with van der Waals surface area (Å²) in [5.74, 6) is -1.45. The Balaban J connectivity index is 2.81. The van der Waals surface area contributed by atoms with Gasteiger partial charge in [-0.25, -0.2) is 4.79 Å². The number of ketones is 2. The number of hydrogen-bond donors (Lipinski definition) is 1. The van der Waals surface area contributed by atoms with E-state index >= 15 is 0 Å². The topological polar surface area (TPSA) is 76.2 Å². The maximum atomic E-state index is 12.1. The Morgan fingerprint density at radius 2 is 1.86 bits per heavy atom. The number of aromatic amines is 1. The van der Waals surface area contributed by atoms with Crippen molar-refractivity contribution >= 4 is 62.3 Å². The van der Waals surface area contributed by atoms with Crippen molar-refractivity contribution in [2.45, 2.75) is 18.7 Å². The van der Waals surface area contributed by atoms with Crippen LogP contribution in [0.5, 0.6) is 0 Å².